The summed E-state index contributed by atoms with van der Waals surface area (Å²) >= 11 is 0. The third-order valence-corrected chi connectivity index (χ3v) is 9.24. The highest BCUT2D eigenvalue weighted by Gasteiger charge is 2.32. The first-order chi connectivity index (χ1) is 18.7. The van der Waals surface area contributed by atoms with Gasteiger partial charge in [-0.1, -0.05) is 43.2 Å². The maximum atomic E-state index is 10.3. The van der Waals surface area contributed by atoms with Crippen molar-refractivity contribution in [2.45, 2.75) is 57.8 Å². The van der Waals surface area contributed by atoms with Crippen LogP contribution in [-0.4, -0.2) is 0 Å². The van der Waals surface area contributed by atoms with Crippen molar-refractivity contribution in [3.05, 3.63) is 89.1 Å². The highest BCUT2D eigenvalue weighted by atomic mass is 16.3. The Morgan fingerprint density at radius 1 is 0.842 bits per heavy atom. The molecule has 38 heavy (non-hydrogen) atoms. The fraction of sp³-hybridized carbons (Fsp3) is 0.314. The first kappa shape index (κ1) is 23.2. The first-order valence-corrected chi connectivity index (χ1v) is 14.1. The summed E-state index contributed by atoms with van der Waals surface area (Å²) in [6.07, 6.45) is 11.1. The summed E-state index contributed by atoms with van der Waals surface area (Å²) in [5.74, 6) is 1.45. The van der Waals surface area contributed by atoms with Crippen LogP contribution < -0.4 is 4.57 Å². The minimum Gasteiger partial charge on any atom is -0.454 e. The summed E-state index contributed by atoms with van der Waals surface area (Å²) in [6.45, 7) is 2.15. The van der Waals surface area contributed by atoms with Crippen LogP contribution in [0.4, 0.5) is 0 Å². The van der Waals surface area contributed by atoms with E-state index in [1.807, 2.05) is 12.1 Å². The molecule has 3 nitrogen and oxygen atoms in total. The molecule has 0 amide bonds. The van der Waals surface area contributed by atoms with Gasteiger partial charge in [0, 0.05) is 28.5 Å². The average molecular weight is 498 g/mol. The molecule has 0 spiro atoms. The average Bonchev–Trinajstić information content (AvgIpc) is 3.61. The van der Waals surface area contributed by atoms with E-state index in [1.165, 1.54) is 60.8 Å². The standard InChI is InChI=1S/C35H33N2O/c1-22-16-18-29-30-19-17-24(21-36)33(35(30)38-34(29)32(22)31-15-5-6-20-37(31)2)28-14-8-12-26-25(11-7-13-27(26)28)23-9-3-4-10-23/h5-6,8,12,14-20,23,25H,3-4,7,9-11,13H2,1-2H3/q+1. The van der Waals surface area contributed by atoms with E-state index in [4.69, 9.17) is 4.42 Å². The van der Waals surface area contributed by atoms with Crippen LogP contribution in [0.2, 0.25) is 0 Å². The van der Waals surface area contributed by atoms with Crippen molar-refractivity contribution in [3.63, 3.8) is 0 Å². The first-order valence-electron chi connectivity index (χ1n) is 14.1. The van der Waals surface area contributed by atoms with E-state index in [1.54, 1.807) is 0 Å². The topological polar surface area (TPSA) is 40.8 Å². The van der Waals surface area contributed by atoms with Crippen molar-refractivity contribution < 1.29 is 8.98 Å². The molecule has 2 aliphatic rings. The van der Waals surface area contributed by atoms with Gasteiger partial charge in [0.05, 0.1) is 17.2 Å². The number of fused-ring (bicyclic) bond motifs is 4. The highest BCUT2D eigenvalue weighted by molar-refractivity contribution is 6.14. The minimum absolute atomic E-state index is 0.647. The molecule has 0 radical (unpaired) electrons. The van der Waals surface area contributed by atoms with Crippen LogP contribution in [0, 0.1) is 24.2 Å². The van der Waals surface area contributed by atoms with Crippen molar-refractivity contribution >= 4 is 21.9 Å². The van der Waals surface area contributed by atoms with Gasteiger partial charge in [-0.15, -0.1) is 0 Å². The molecule has 1 atom stereocenters. The van der Waals surface area contributed by atoms with Crippen molar-refractivity contribution in [2.75, 3.05) is 0 Å². The molecule has 188 valence electrons. The molecule has 2 heterocycles. The zero-order valence-corrected chi connectivity index (χ0v) is 22.3. The van der Waals surface area contributed by atoms with Gasteiger partial charge in [-0.25, -0.2) is 4.57 Å². The Balaban J connectivity index is 1.51. The number of pyridine rings is 1. The molecule has 0 N–H and O–H groups in total. The number of nitrogens with zero attached hydrogens (tertiary/aromatic N) is 2. The van der Waals surface area contributed by atoms with Gasteiger partial charge in [0.25, 0.3) is 0 Å². The summed E-state index contributed by atoms with van der Waals surface area (Å²) in [4.78, 5) is 0. The number of rotatable bonds is 3. The maximum Gasteiger partial charge on any atom is 0.216 e. The summed E-state index contributed by atoms with van der Waals surface area (Å²) in [6, 6.07) is 24.0. The molecular weight excluding hydrogens is 464 g/mol. The Hall–Kier alpha value is -3.90. The van der Waals surface area contributed by atoms with Crippen LogP contribution in [-0.2, 0) is 13.5 Å². The van der Waals surface area contributed by atoms with E-state index < -0.39 is 0 Å². The van der Waals surface area contributed by atoms with E-state index >= 15 is 0 Å². The quantitative estimate of drug-likeness (QED) is 0.234. The molecule has 1 saturated carbocycles. The van der Waals surface area contributed by atoms with Crippen molar-refractivity contribution in [1.29, 1.82) is 5.26 Å². The Kier molecular flexibility index (Phi) is 5.59. The second kappa shape index (κ2) is 9.14. The second-order valence-corrected chi connectivity index (χ2v) is 11.3. The van der Waals surface area contributed by atoms with Crippen LogP contribution in [0.25, 0.3) is 44.3 Å². The fourth-order valence-electron chi connectivity index (χ4n) is 7.43. The zero-order chi connectivity index (χ0) is 25.8. The molecule has 7 rings (SSSR count). The molecule has 0 aliphatic heterocycles. The smallest absolute Gasteiger partial charge is 0.216 e. The minimum atomic E-state index is 0.647. The monoisotopic (exact) mass is 497 g/mol. The van der Waals surface area contributed by atoms with Crippen LogP contribution in [0.15, 0.2) is 71.3 Å². The van der Waals surface area contributed by atoms with Crippen LogP contribution in [0.1, 0.15) is 66.7 Å². The Bertz CT molecular complexity index is 1750. The molecule has 2 aromatic heterocycles. The summed E-state index contributed by atoms with van der Waals surface area (Å²) in [7, 11) is 2.08. The van der Waals surface area contributed by atoms with E-state index in [9.17, 15) is 5.26 Å². The normalized spacial score (nSPS) is 17.7. The zero-order valence-electron chi connectivity index (χ0n) is 22.3. The van der Waals surface area contributed by atoms with E-state index in [-0.39, 0.29) is 0 Å². The van der Waals surface area contributed by atoms with Gasteiger partial charge >= 0.3 is 0 Å². The predicted molar refractivity (Wildman–Crippen MR) is 153 cm³/mol. The van der Waals surface area contributed by atoms with Crippen molar-refractivity contribution in [1.82, 2.24) is 0 Å². The highest BCUT2D eigenvalue weighted by Crippen LogP contribution is 2.48. The molecule has 0 saturated heterocycles. The Morgan fingerprint density at radius 3 is 2.42 bits per heavy atom. The molecular formula is C35H33N2O+. The molecule has 1 unspecified atom stereocenters. The lowest BCUT2D eigenvalue weighted by atomic mass is 9.73. The fourth-order valence-corrected chi connectivity index (χ4v) is 7.43. The van der Waals surface area contributed by atoms with Gasteiger partial charge in [0.2, 0.25) is 5.69 Å². The van der Waals surface area contributed by atoms with E-state index in [2.05, 4.69) is 79.3 Å². The molecule has 0 bridgehead atoms. The summed E-state index contributed by atoms with van der Waals surface area (Å²) in [5, 5.41) is 12.4. The third kappa shape index (κ3) is 3.51. The van der Waals surface area contributed by atoms with Gasteiger partial charge in [-0.05, 0) is 91.3 Å². The van der Waals surface area contributed by atoms with E-state index in [0.29, 0.717) is 11.5 Å². The van der Waals surface area contributed by atoms with Crippen LogP contribution >= 0.6 is 0 Å². The number of aryl methyl sites for hydroxylation is 2. The Labute approximate surface area is 224 Å². The number of benzene rings is 3. The Morgan fingerprint density at radius 2 is 1.63 bits per heavy atom. The third-order valence-electron chi connectivity index (χ3n) is 9.24. The van der Waals surface area contributed by atoms with Gasteiger partial charge < -0.3 is 4.42 Å². The van der Waals surface area contributed by atoms with Crippen LogP contribution in [0.5, 0.6) is 0 Å². The SMILES string of the molecule is Cc1ccc2c(oc3c(-c4cccc5c4CCCC5C4CCCC4)c(C#N)ccc32)c1-c1cccc[n+]1C. The molecule has 1 fully saturated rings. The molecule has 5 aromatic rings. The van der Waals surface area contributed by atoms with Gasteiger partial charge in [-0.2, -0.15) is 5.26 Å². The van der Waals surface area contributed by atoms with Gasteiger partial charge in [0.1, 0.15) is 18.2 Å². The van der Waals surface area contributed by atoms with E-state index in [0.717, 1.165) is 51.1 Å². The number of hydrogen-bond donors (Lipinski definition) is 0. The lowest BCUT2D eigenvalue weighted by Gasteiger charge is -2.31. The second-order valence-electron chi connectivity index (χ2n) is 11.3. The van der Waals surface area contributed by atoms with Crippen molar-refractivity contribution in [3.8, 4) is 28.5 Å². The largest absolute Gasteiger partial charge is 0.454 e. The lowest BCUT2D eigenvalue weighted by Crippen LogP contribution is -2.30. The summed E-state index contributed by atoms with van der Waals surface area (Å²) < 4.78 is 9.00. The van der Waals surface area contributed by atoms with Crippen LogP contribution in [0.3, 0.4) is 0 Å². The van der Waals surface area contributed by atoms with Crippen molar-refractivity contribution in [2.24, 2.45) is 13.0 Å². The number of hydrogen-bond acceptors (Lipinski definition) is 2. The molecule has 2 aliphatic carbocycles. The number of nitriles is 1. The predicted octanol–water partition coefficient (Wildman–Crippen LogP) is 8.53. The molecule has 3 heteroatoms. The number of aromatic nitrogens is 1. The van der Waals surface area contributed by atoms with Gasteiger partial charge in [-0.3, -0.25) is 0 Å². The lowest BCUT2D eigenvalue weighted by molar-refractivity contribution is -0.660. The molecule has 3 aromatic carbocycles. The number of furan rings is 1. The van der Waals surface area contributed by atoms with Gasteiger partial charge in [0.15, 0.2) is 6.20 Å². The maximum absolute atomic E-state index is 10.3. The summed E-state index contributed by atoms with van der Waals surface area (Å²) in [5.41, 5.74) is 10.9.